The van der Waals surface area contributed by atoms with Gasteiger partial charge in [-0.05, 0) is 38.5 Å². The number of anilines is 1. The highest BCUT2D eigenvalue weighted by Crippen LogP contribution is 2.10. The van der Waals surface area contributed by atoms with Gasteiger partial charge in [-0.25, -0.2) is 4.39 Å². The number of rotatable bonds is 4. The van der Waals surface area contributed by atoms with E-state index in [2.05, 4.69) is 5.32 Å². The summed E-state index contributed by atoms with van der Waals surface area (Å²) in [5.41, 5.74) is 6.44. The molecule has 0 radical (unpaired) electrons. The van der Waals surface area contributed by atoms with Crippen LogP contribution in [-0.2, 0) is 0 Å². The molecule has 2 nitrogen and oxygen atoms in total. The first-order valence-electron chi connectivity index (χ1n) is 4.76. The van der Waals surface area contributed by atoms with Crippen molar-refractivity contribution in [2.75, 3.05) is 11.9 Å². The average Bonchev–Trinajstić information content (AvgIpc) is 2.01. The van der Waals surface area contributed by atoms with Crippen molar-refractivity contribution in [1.82, 2.24) is 0 Å². The largest absolute Gasteiger partial charge is 0.385 e. The highest BCUT2D eigenvalue weighted by molar-refractivity contribution is 5.42. The van der Waals surface area contributed by atoms with Crippen LogP contribution in [0, 0.1) is 5.82 Å². The fraction of sp³-hybridized carbons (Fsp3) is 0.455. The Hall–Kier alpha value is -1.09. The monoisotopic (exact) mass is 196 g/mol. The van der Waals surface area contributed by atoms with Crippen LogP contribution in [0.3, 0.4) is 0 Å². The molecule has 0 aromatic heterocycles. The lowest BCUT2D eigenvalue weighted by molar-refractivity contribution is 0.491. The zero-order chi connectivity index (χ0) is 10.6. The Morgan fingerprint density at radius 2 is 2.14 bits per heavy atom. The van der Waals surface area contributed by atoms with Gasteiger partial charge in [0.25, 0.3) is 0 Å². The van der Waals surface area contributed by atoms with Crippen molar-refractivity contribution in [3.63, 3.8) is 0 Å². The molecule has 1 aromatic rings. The molecule has 1 rings (SSSR count). The van der Waals surface area contributed by atoms with Gasteiger partial charge in [0.2, 0.25) is 0 Å². The standard InChI is InChI=1S/C11H17FN2/c1-11(2,13)6-7-14-10-5-3-4-9(12)8-10/h3-5,8,14H,6-7,13H2,1-2H3. The van der Waals surface area contributed by atoms with E-state index >= 15 is 0 Å². The van der Waals surface area contributed by atoms with Crippen LogP contribution in [0.15, 0.2) is 24.3 Å². The minimum Gasteiger partial charge on any atom is -0.385 e. The summed E-state index contributed by atoms with van der Waals surface area (Å²) in [6, 6.07) is 6.43. The van der Waals surface area contributed by atoms with E-state index in [1.165, 1.54) is 12.1 Å². The van der Waals surface area contributed by atoms with Crippen LogP contribution in [0.25, 0.3) is 0 Å². The number of nitrogens with one attached hydrogen (secondary N) is 1. The average molecular weight is 196 g/mol. The fourth-order valence-corrected chi connectivity index (χ4v) is 1.13. The number of halogens is 1. The lowest BCUT2D eigenvalue weighted by atomic mass is 10.0. The zero-order valence-corrected chi connectivity index (χ0v) is 8.68. The van der Waals surface area contributed by atoms with Crippen molar-refractivity contribution in [1.29, 1.82) is 0 Å². The Morgan fingerprint density at radius 1 is 1.43 bits per heavy atom. The lowest BCUT2D eigenvalue weighted by Gasteiger charge is -2.18. The first kappa shape index (κ1) is 11.0. The number of hydrogen-bond acceptors (Lipinski definition) is 2. The molecule has 0 bridgehead atoms. The molecule has 3 heteroatoms. The number of nitrogens with two attached hydrogens (primary N) is 1. The van der Waals surface area contributed by atoms with Crippen molar-refractivity contribution in [3.05, 3.63) is 30.1 Å². The highest BCUT2D eigenvalue weighted by atomic mass is 19.1. The molecule has 0 atom stereocenters. The van der Waals surface area contributed by atoms with E-state index in [0.717, 1.165) is 18.7 Å². The maximum absolute atomic E-state index is 12.8. The maximum Gasteiger partial charge on any atom is 0.125 e. The quantitative estimate of drug-likeness (QED) is 0.775. The molecule has 78 valence electrons. The van der Waals surface area contributed by atoms with Crippen LogP contribution in [0.4, 0.5) is 10.1 Å². The van der Waals surface area contributed by atoms with Gasteiger partial charge < -0.3 is 11.1 Å². The Balaban J connectivity index is 2.39. The third-order valence-corrected chi connectivity index (χ3v) is 1.92. The second-order valence-electron chi connectivity index (χ2n) is 4.18. The molecule has 3 N–H and O–H groups in total. The first-order valence-corrected chi connectivity index (χ1v) is 4.76. The van der Waals surface area contributed by atoms with E-state index in [-0.39, 0.29) is 11.4 Å². The van der Waals surface area contributed by atoms with Gasteiger partial charge in [0.15, 0.2) is 0 Å². The van der Waals surface area contributed by atoms with Crippen LogP contribution >= 0.6 is 0 Å². The third-order valence-electron chi connectivity index (χ3n) is 1.92. The van der Waals surface area contributed by atoms with E-state index in [9.17, 15) is 4.39 Å². The summed E-state index contributed by atoms with van der Waals surface area (Å²) in [7, 11) is 0. The number of hydrogen-bond donors (Lipinski definition) is 2. The van der Waals surface area contributed by atoms with Gasteiger partial charge in [0.1, 0.15) is 5.82 Å². The molecule has 0 aliphatic rings. The smallest absolute Gasteiger partial charge is 0.125 e. The van der Waals surface area contributed by atoms with Crippen molar-refractivity contribution < 1.29 is 4.39 Å². The first-order chi connectivity index (χ1) is 6.47. The van der Waals surface area contributed by atoms with Crippen molar-refractivity contribution in [2.45, 2.75) is 25.8 Å². The molecule has 0 spiro atoms. The topological polar surface area (TPSA) is 38.0 Å². The SMILES string of the molecule is CC(C)(N)CCNc1cccc(F)c1. The molecule has 0 saturated carbocycles. The number of benzene rings is 1. The third kappa shape index (κ3) is 4.23. The predicted molar refractivity (Wildman–Crippen MR) is 57.8 cm³/mol. The Labute approximate surface area is 84.3 Å². The molecule has 0 aliphatic heterocycles. The molecule has 0 fully saturated rings. The van der Waals surface area contributed by atoms with Gasteiger partial charge in [-0.15, -0.1) is 0 Å². The summed E-state index contributed by atoms with van der Waals surface area (Å²) in [5, 5.41) is 3.12. The minimum atomic E-state index is -0.220. The maximum atomic E-state index is 12.8. The van der Waals surface area contributed by atoms with Crippen LogP contribution < -0.4 is 11.1 Å². The van der Waals surface area contributed by atoms with Gasteiger partial charge in [-0.2, -0.15) is 0 Å². The fourth-order valence-electron chi connectivity index (χ4n) is 1.13. The Morgan fingerprint density at radius 3 is 2.71 bits per heavy atom. The molecule has 0 amide bonds. The lowest BCUT2D eigenvalue weighted by Crippen LogP contribution is -2.34. The van der Waals surface area contributed by atoms with Crippen molar-refractivity contribution in [3.8, 4) is 0 Å². The van der Waals surface area contributed by atoms with E-state index in [1.807, 2.05) is 19.9 Å². The van der Waals surface area contributed by atoms with Gasteiger partial charge >= 0.3 is 0 Å². The van der Waals surface area contributed by atoms with E-state index in [0.29, 0.717) is 0 Å². The van der Waals surface area contributed by atoms with E-state index in [1.54, 1.807) is 6.07 Å². The summed E-state index contributed by atoms with van der Waals surface area (Å²) < 4.78 is 12.8. The summed E-state index contributed by atoms with van der Waals surface area (Å²) in [5.74, 6) is -0.220. The molecule has 0 saturated heterocycles. The van der Waals surface area contributed by atoms with Crippen molar-refractivity contribution >= 4 is 5.69 Å². The Kier molecular flexibility index (Phi) is 3.47. The molecule has 0 unspecified atom stereocenters. The highest BCUT2D eigenvalue weighted by Gasteiger charge is 2.09. The summed E-state index contributed by atoms with van der Waals surface area (Å²) in [4.78, 5) is 0. The van der Waals surface area contributed by atoms with E-state index < -0.39 is 0 Å². The van der Waals surface area contributed by atoms with Gasteiger partial charge in [0, 0.05) is 17.8 Å². The normalized spacial score (nSPS) is 11.4. The van der Waals surface area contributed by atoms with Crippen LogP contribution in [0.5, 0.6) is 0 Å². The zero-order valence-electron chi connectivity index (χ0n) is 8.68. The summed E-state index contributed by atoms with van der Waals surface area (Å²) in [6.07, 6.45) is 0.851. The summed E-state index contributed by atoms with van der Waals surface area (Å²) in [6.45, 7) is 4.70. The Bertz CT molecular complexity index is 292. The second-order valence-corrected chi connectivity index (χ2v) is 4.18. The molecule has 0 heterocycles. The summed E-state index contributed by atoms with van der Waals surface area (Å²) >= 11 is 0. The van der Waals surface area contributed by atoms with Crippen LogP contribution in [-0.4, -0.2) is 12.1 Å². The van der Waals surface area contributed by atoms with Crippen molar-refractivity contribution in [2.24, 2.45) is 5.73 Å². The molecular formula is C11H17FN2. The van der Waals surface area contributed by atoms with Gasteiger partial charge in [-0.1, -0.05) is 6.07 Å². The molecule has 14 heavy (non-hydrogen) atoms. The van der Waals surface area contributed by atoms with Gasteiger partial charge in [-0.3, -0.25) is 0 Å². The van der Waals surface area contributed by atoms with Crippen LogP contribution in [0.2, 0.25) is 0 Å². The molecular weight excluding hydrogens is 179 g/mol. The minimum absolute atomic E-state index is 0.180. The van der Waals surface area contributed by atoms with Crippen LogP contribution in [0.1, 0.15) is 20.3 Å². The van der Waals surface area contributed by atoms with Gasteiger partial charge in [0.05, 0.1) is 0 Å². The van der Waals surface area contributed by atoms with E-state index in [4.69, 9.17) is 5.73 Å². The second kappa shape index (κ2) is 4.42. The molecule has 1 aromatic carbocycles. The molecule has 0 aliphatic carbocycles. The predicted octanol–water partition coefficient (Wildman–Crippen LogP) is 2.37.